The Kier molecular flexibility index (Phi) is 3.22. The average Bonchev–Trinajstić information content (AvgIpc) is 2.80. The molecule has 0 radical (unpaired) electrons. The molecule has 1 aliphatic heterocycles. The smallest absolute Gasteiger partial charge is 0.123 e. The van der Waals surface area contributed by atoms with E-state index >= 15 is 0 Å². The third kappa shape index (κ3) is 2.22. The molecule has 0 spiro atoms. The Morgan fingerprint density at radius 3 is 2.89 bits per heavy atom. The normalized spacial score (nSPS) is 19.1. The van der Waals surface area contributed by atoms with Gasteiger partial charge in [0.1, 0.15) is 5.82 Å². The van der Waals surface area contributed by atoms with Gasteiger partial charge in [-0.05, 0) is 12.5 Å². The van der Waals surface area contributed by atoms with Gasteiger partial charge in [-0.2, -0.15) is 0 Å². The predicted molar refractivity (Wildman–Crippen MR) is 76.8 cm³/mol. The first-order chi connectivity index (χ1) is 9.29. The summed E-state index contributed by atoms with van der Waals surface area (Å²) in [6.07, 6.45) is 3.94. The summed E-state index contributed by atoms with van der Waals surface area (Å²) in [7, 11) is 0. The average molecular weight is 253 g/mol. The topological polar surface area (TPSA) is 21.1 Å². The first kappa shape index (κ1) is 12.2. The van der Waals surface area contributed by atoms with E-state index in [0.717, 1.165) is 25.5 Å². The van der Waals surface area contributed by atoms with Crippen LogP contribution in [-0.2, 0) is 13.1 Å². The van der Waals surface area contributed by atoms with Crippen LogP contribution in [-0.4, -0.2) is 21.0 Å². The Balaban J connectivity index is 1.97. The number of hydrogen-bond donors (Lipinski definition) is 0. The van der Waals surface area contributed by atoms with Crippen LogP contribution in [0.4, 0.5) is 0 Å². The van der Waals surface area contributed by atoms with Gasteiger partial charge in [-0.25, -0.2) is 4.98 Å². The maximum Gasteiger partial charge on any atom is 0.123 e. The monoisotopic (exact) mass is 253 g/mol. The number of aromatic nitrogens is 2. The summed E-state index contributed by atoms with van der Waals surface area (Å²) in [4.78, 5) is 6.94. The molecule has 1 atom stereocenters. The molecular formula is C16H19N3. The highest BCUT2D eigenvalue weighted by atomic mass is 15.3. The zero-order chi connectivity index (χ0) is 13.2. The van der Waals surface area contributed by atoms with Crippen molar-refractivity contribution in [2.45, 2.75) is 26.1 Å². The lowest BCUT2D eigenvalue weighted by molar-refractivity contribution is 0.153. The largest absolute Gasteiger partial charge is 0.329 e. The maximum absolute atomic E-state index is 4.50. The quantitative estimate of drug-likeness (QED) is 0.784. The van der Waals surface area contributed by atoms with Crippen molar-refractivity contribution in [3.05, 3.63) is 66.3 Å². The van der Waals surface area contributed by atoms with Crippen LogP contribution in [0, 0.1) is 6.92 Å². The first-order valence-electron chi connectivity index (χ1n) is 6.70. The molecule has 0 fully saturated rings. The summed E-state index contributed by atoms with van der Waals surface area (Å²) in [5.41, 5.74) is 2.61. The Bertz CT molecular complexity index is 571. The molecule has 0 amide bonds. The van der Waals surface area contributed by atoms with E-state index in [1.807, 2.05) is 12.3 Å². The van der Waals surface area contributed by atoms with Crippen LogP contribution >= 0.6 is 0 Å². The fraction of sp³-hybridized carbons (Fsp3) is 0.312. The highest BCUT2D eigenvalue weighted by Gasteiger charge is 2.27. The molecule has 0 saturated carbocycles. The van der Waals surface area contributed by atoms with Gasteiger partial charge in [0.05, 0.1) is 12.6 Å². The van der Waals surface area contributed by atoms with Gasteiger partial charge >= 0.3 is 0 Å². The van der Waals surface area contributed by atoms with Gasteiger partial charge in [-0.15, -0.1) is 6.58 Å². The van der Waals surface area contributed by atoms with Gasteiger partial charge < -0.3 is 4.57 Å². The van der Waals surface area contributed by atoms with Crippen molar-refractivity contribution < 1.29 is 0 Å². The molecule has 1 aliphatic rings. The fourth-order valence-electron chi connectivity index (χ4n) is 2.82. The SMILES string of the molecule is C=CCN1Cc2ncc(C)n2C[C@H]1c1ccccc1. The molecule has 3 rings (SSSR count). The van der Waals surface area contributed by atoms with Crippen molar-refractivity contribution in [3.8, 4) is 0 Å². The summed E-state index contributed by atoms with van der Waals surface area (Å²) in [5.74, 6) is 1.16. The second kappa shape index (κ2) is 5.02. The second-order valence-electron chi connectivity index (χ2n) is 5.07. The lowest BCUT2D eigenvalue weighted by atomic mass is 10.0. The third-order valence-corrected chi connectivity index (χ3v) is 3.83. The minimum absolute atomic E-state index is 0.402. The van der Waals surface area contributed by atoms with Crippen molar-refractivity contribution >= 4 is 0 Å². The van der Waals surface area contributed by atoms with Crippen LogP contribution in [0.25, 0.3) is 0 Å². The standard InChI is InChI=1S/C16H19N3/c1-3-9-18-12-16-17-10-13(2)19(16)11-15(18)14-7-5-4-6-8-14/h3-8,10,15H,1,9,11-12H2,2H3/t15-/m0/s1. The molecule has 2 aromatic rings. The van der Waals surface area contributed by atoms with E-state index in [2.05, 4.69) is 58.3 Å². The van der Waals surface area contributed by atoms with Crippen molar-refractivity contribution in [3.63, 3.8) is 0 Å². The minimum Gasteiger partial charge on any atom is -0.329 e. The molecule has 98 valence electrons. The molecule has 0 unspecified atom stereocenters. The Morgan fingerprint density at radius 1 is 1.37 bits per heavy atom. The van der Waals surface area contributed by atoms with Crippen LogP contribution in [0.15, 0.2) is 49.2 Å². The van der Waals surface area contributed by atoms with Crippen LogP contribution in [0.1, 0.15) is 23.1 Å². The Labute approximate surface area is 114 Å². The molecule has 0 bridgehead atoms. The number of aryl methyl sites for hydroxylation is 1. The summed E-state index contributed by atoms with van der Waals surface area (Å²) in [5, 5.41) is 0. The molecule has 19 heavy (non-hydrogen) atoms. The fourth-order valence-corrected chi connectivity index (χ4v) is 2.82. The van der Waals surface area contributed by atoms with Gasteiger partial charge in [0.15, 0.2) is 0 Å². The zero-order valence-corrected chi connectivity index (χ0v) is 11.3. The van der Waals surface area contributed by atoms with E-state index in [4.69, 9.17) is 0 Å². The summed E-state index contributed by atoms with van der Waals surface area (Å²) < 4.78 is 2.33. The van der Waals surface area contributed by atoms with E-state index in [9.17, 15) is 0 Å². The predicted octanol–water partition coefficient (Wildman–Crippen LogP) is 2.93. The van der Waals surface area contributed by atoms with Gasteiger partial charge in [0.2, 0.25) is 0 Å². The number of nitrogens with zero attached hydrogens (tertiary/aromatic N) is 3. The number of rotatable bonds is 3. The van der Waals surface area contributed by atoms with E-state index in [1.165, 1.54) is 11.3 Å². The number of hydrogen-bond acceptors (Lipinski definition) is 2. The molecule has 2 heterocycles. The van der Waals surface area contributed by atoms with Gasteiger partial charge in [-0.1, -0.05) is 36.4 Å². The van der Waals surface area contributed by atoms with Crippen molar-refractivity contribution in [1.29, 1.82) is 0 Å². The van der Waals surface area contributed by atoms with E-state index in [1.54, 1.807) is 0 Å². The van der Waals surface area contributed by atoms with Crippen LogP contribution in [0.2, 0.25) is 0 Å². The molecule has 1 aromatic carbocycles. The summed E-state index contributed by atoms with van der Waals surface area (Å²) in [6, 6.07) is 11.1. The van der Waals surface area contributed by atoms with Crippen LogP contribution in [0.5, 0.6) is 0 Å². The first-order valence-corrected chi connectivity index (χ1v) is 6.70. The van der Waals surface area contributed by atoms with Gasteiger partial charge in [0.25, 0.3) is 0 Å². The number of imidazole rings is 1. The molecule has 3 heteroatoms. The summed E-state index contributed by atoms with van der Waals surface area (Å²) in [6.45, 7) is 8.76. The molecule has 3 nitrogen and oxygen atoms in total. The number of fused-ring (bicyclic) bond motifs is 1. The van der Waals surface area contributed by atoms with Crippen molar-refractivity contribution in [2.75, 3.05) is 6.54 Å². The summed E-state index contributed by atoms with van der Waals surface area (Å²) >= 11 is 0. The van der Waals surface area contributed by atoms with E-state index in [-0.39, 0.29) is 0 Å². The van der Waals surface area contributed by atoms with E-state index in [0.29, 0.717) is 6.04 Å². The van der Waals surface area contributed by atoms with Crippen molar-refractivity contribution in [1.82, 2.24) is 14.5 Å². The van der Waals surface area contributed by atoms with Crippen LogP contribution in [0.3, 0.4) is 0 Å². The van der Waals surface area contributed by atoms with E-state index < -0.39 is 0 Å². The lowest BCUT2D eigenvalue weighted by Gasteiger charge is -2.36. The van der Waals surface area contributed by atoms with Gasteiger partial charge in [-0.3, -0.25) is 4.90 Å². The molecule has 0 saturated heterocycles. The molecule has 1 aromatic heterocycles. The van der Waals surface area contributed by atoms with Crippen LogP contribution < -0.4 is 0 Å². The van der Waals surface area contributed by atoms with Gasteiger partial charge in [0, 0.05) is 25.0 Å². The highest BCUT2D eigenvalue weighted by molar-refractivity contribution is 5.21. The zero-order valence-electron chi connectivity index (χ0n) is 11.3. The molecule has 0 aliphatic carbocycles. The maximum atomic E-state index is 4.50. The lowest BCUT2D eigenvalue weighted by Crippen LogP contribution is -2.37. The highest BCUT2D eigenvalue weighted by Crippen LogP contribution is 2.29. The second-order valence-corrected chi connectivity index (χ2v) is 5.07. The van der Waals surface area contributed by atoms with Crippen molar-refractivity contribution in [2.24, 2.45) is 0 Å². The Morgan fingerprint density at radius 2 is 2.16 bits per heavy atom. The third-order valence-electron chi connectivity index (χ3n) is 3.83. The minimum atomic E-state index is 0.402. The number of benzene rings is 1. The molecular weight excluding hydrogens is 234 g/mol. The molecule has 0 N–H and O–H groups in total. The Hall–Kier alpha value is -1.87.